The number of aromatic nitrogens is 2. The van der Waals surface area contributed by atoms with Gasteiger partial charge in [0.1, 0.15) is 5.69 Å². The molecule has 136 valence electrons. The van der Waals surface area contributed by atoms with Crippen LogP contribution in [0.3, 0.4) is 0 Å². The van der Waals surface area contributed by atoms with Gasteiger partial charge in [0.2, 0.25) is 0 Å². The molecule has 1 heterocycles. The molecule has 0 bridgehead atoms. The summed E-state index contributed by atoms with van der Waals surface area (Å²) in [7, 11) is 0. The van der Waals surface area contributed by atoms with E-state index in [0.717, 1.165) is 22.0 Å². The molecular weight excluding hydrogens is 354 g/mol. The molecule has 0 saturated heterocycles. The lowest BCUT2D eigenvalue weighted by molar-refractivity contribution is -0.385. The van der Waals surface area contributed by atoms with Crippen molar-refractivity contribution in [2.45, 2.75) is 0 Å². The van der Waals surface area contributed by atoms with E-state index < -0.39 is 4.92 Å². The topological polar surface area (TPSA) is 93.3 Å². The summed E-state index contributed by atoms with van der Waals surface area (Å²) < 4.78 is 0. The van der Waals surface area contributed by atoms with Crippen LogP contribution in [0, 0.1) is 10.1 Å². The molecule has 0 radical (unpaired) electrons. The summed E-state index contributed by atoms with van der Waals surface area (Å²) >= 11 is 0. The average molecular weight is 369 g/mol. The first-order valence-electron chi connectivity index (χ1n) is 8.57. The van der Waals surface area contributed by atoms with Crippen LogP contribution in [0.2, 0.25) is 0 Å². The van der Waals surface area contributed by atoms with E-state index >= 15 is 0 Å². The second-order valence-corrected chi connectivity index (χ2v) is 5.99. The Balaban J connectivity index is 1.69. The standard InChI is InChI=1S/C21H15N5O2/c27-26(28)19-13-7-4-10-16(19)14-22-24-21-18-12-6-5-11-17(18)20(23-25-21)15-8-2-1-3-9-15/h1-14H,(H,24,25). The molecule has 0 amide bonds. The maximum Gasteiger partial charge on any atom is 0.278 e. The minimum Gasteiger partial charge on any atom is -0.259 e. The lowest BCUT2D eigenvalue weighted by Crippen LogP contribution is -2.00. The highest BCUT2D eigenvalue weighted by Gasteiger charge is 2.11. The predicted octanol–water partition coefficient (Wildman–Crippen LogP) is 4.65. The first-order chi connectivity index (χ1) is 13.7. The molecule has 0 unspecified atom stereocenters. The average Bonchev–Trinajstić information content (AvgIpc) is 2.74. The molecule has 0 aliphatic carbocycles. The van der Waals surface area contributed by atoms with E-state index in [1.165, 1.54) is 12.3 Å². The van der Waals surface area contributed by atoms with E-state index in [1.54, 1.807) is 18.2 Å². The van der Waals surface area contributed by atoms with Crippen LogP contribution in [0.4, 0.5) is 11.5 Å². The molecule has 1 N–H and O–H groups in total. The molecular formula is C21H15N5O2. The molecule has 1 aromatic heterocycles. The molecule has 4 aromatic rings. The first-order valence-corrected chi connectivity index (χ1v) is 8.57. The number of fused-ring (bicyclic) bond motifs is 1. The zero-order valence-corrected chi connectivity index (χ0v) is 14.7. The molecule has 0 aliphatic heterocycles. The molecule has 4 rings (SSSR count). The fourth-order valence-corrected chi connectivity index (χ4v) is 2.92. The number of hydrogen-bond donors (Lipinski definition) is 1. The van der Waals surface area contributed by atoms with Gasteiger partial charge in [-0.15, -0.1) is 10.2 Å². The summed E-state index contributed by atoms with van der Waals surface area (Å²) in [6.07, 6.45) is 1.40. The highest BCUT2D eigenvalue weighted by molar-refractivity contribution is 6.00. The van der Waals surface area contributed by atoms with Crippen LogP contribution in [0.5, 0.6) is 0 Å². The van der Waals surface area contributed by atoms with Gasteiger partial charge in [0, 0.05) is 22.4 Å². The number of rotatable bonds is 5. The lowest BCUT2D eigenvalue weighted by Gasteiger charge is -2.08. The predicted molar refractivity (Wildman–Crippen MR) is 109 cm³/mol. The maximum atomic E-state index is 11.1. The number of benzene rings is 3. The van der Waals surface area contributed by atoms with Gasteiger partial charge in [-0.05, 0) is 6.07 Å². The van der Waals surface area contributed by atoms with Crippen molar-refractivity contribution >= 4 is 28.5 Å². The molecule has 0 aliphatic rings. The molecule has 28 heavy (non-hydrogen) atoms. The van der Waals surface area contributed by atoms with Gasteiger partial charge in [-0.25, -0.2) is 0 Å². The Morgan fingerprint density at radius 1 is 0.857 bits per heavy atom. The summed E-state index contributed by atoms with van der Waals surface area (Å²) in [4.78, 5) is 10.7. The van der Waals surface area contributed by atoms with E-state index in [1.807, 2.05) is 54.6 Å². The number of nitro groups is 1. The molecule has 7 heteroatoms. The Kier molecular flexibility index (Phi) is 4.71. The number of nitrogens with zero attached hydrogens (tertiary/aromatic N) is 4. The Hall–Kier alpha value is -4.13. The fraction of sp³-hybridized carbons (Fsp3) is 0. The van der Waals surface area contributed by atoms with E-state index in [9.17, 15) is 10.1 Å². The summed E-state index contributed by atoms with van der Waals surface area (Å²) in [6, 6.07) is 24.0. The third-order valence-electron chi connectivity index (χ3n) is 4.24. The zero-order chi connectivity index (χ0) is 19.3. The highest BCUT2D eigenvalue weighted by atomic mass is 16.6. The quantitative estimate of drug-likeness (QED) is 0.314. The van der Waals surface area contributed by atoms with Crippen molar-refractivity contribution in [2.24, 2.45) is 5.10 Å². The largest absolute Gasteiger partial charge is 0.278 e. The number of hydrazone groups is 1. The fourth-order valence-electron chi connectivity index (χ4n) is 2.92. The van der Waals surface area contributed by atoms with Crippen LogP contribution in [0.15, 0.2) is 84.0 Å². The van der Waals surface area contributed by atoms with E-state index in [0.29, 0.717) is 11.4 Å². The van der Waals surface area contributed by atoms with Gasteiger partial charge in [-0.3, -0.25) is 15.5 Å². The van der Waals surface area contributed by atoms with Crippen molar-refractivity contribution in [2.75, 3.05) is 5.43 Å². The highest BCUT2D eigenvalue weighted by Crippen LogP contribution is 2.29. The van der Waals surface area contributed by atoms with Crippen LogP contribution in [-0.2, 0) is 0 Å². The minimum absolute atomic E-state index is 0.0107. The molecule has 0 saturated carbocycles. The number of para-hydroxylation sites is 1. The maximum absolute atomic E-state index is 11.1. The van der Waals surface area contributed by atoms with Gasteiger partial charge < -0.3 is 0 Å². The van der Waals surface area contributed by atoms with Crippen LogP contribution < -0.4 is 5.43 Å². The van der Waals surface area contributed by atoms with Gasteiger partial charge >= 0.3 is 0 Å². The Morgan fingerprint density at radius 2 is 1.54 bits per heavy atom. The lowest BCUT2D eigenvalue weighted by atomic mass is 10.0. The molecule has 7 nitrogen and oxygen atoms in total. The number of anilines is 1. The van der Waals surface area contributed by atoms with Crippen molar-refractivity contribution in [1.82, 2.24) is 10.2 Å². The second kappa shape index (κ2) is 7.63. The van der Waals surface area contributed by atoms with E-state index in [4.69, 9.17) is 0 Å². The Labute approximate surface area is 160 Å². The molecule has 3 aromatic carbocycles. The van der Waals surface area contributed by atoms with Gasteiger partial charge in [-0.1, -0.05) is 66.7 Å². The molecule has 0 spiro atoms. The van der Waals surface area contributed by atoms with Gasteiger partial charge in [0.05, 0.1) is 16.7 Å². The first kappa shape index (κ1) is 17.3. The van der Waals surface area contributed by atoms with Gasteiger partial charge in [0.15, 0.2) is 5.82 Å². The Bertz CT molecular complexity index is 1180. The van der Waals surface area contributed by atoms with Crippen molar-refractivity contribution < 1.29 is 4.92 Å². The van der Waals surface area contributed by atoms with Crippen molar-refractivity contribution in [3.05, 3.63) is 94.5 Å². The van der Waals surface area contributed by atoms with Crippen LogP contribution in [0.25, 0.3) is 22.0 Å². The molecule has 0 atom stereocenters. The van der Waals surface area contributed by atoms with E-state index in [-0.39, 0.29) is 5.69 Å². The smallest absolute Gasteiger partial charge is 0.259 e. The zero-order valence-electron chi connectivity index (χ0n) is 14.7. The van der Waals surface area contributed by atoms with Crippen LogP contribution in [-0.4, -0.2) is 21.3 Å². The third-order valence-corrected chi connectivity index (χ3v) is 4.24. The van der Waals surface area contributed by atoms with Crippen molar-refractivity contribution in [1.29, 1.82) is 0 Å². The van der Waals surface area contributed by atoms with Gasteiger partial charge in [0.25, 0.3) is 5.69 Å². The second-order valence-electron chi connectivity index (χ2n) is 5.99. The van der Waals surface area contributed by atoms with Crippen molar-refractivity contribution in [3.8, 4) is 11.3 Å². The molecule has 0 fully saturated rings. The monoisotopic (exact) mass is 369 g/mol. The summed E-state index contributed by atoms with van der Waals surface area (Å²) in [6.45, 7) is 0. The van der Waals surface area contributed by atoms with E-state index in [2.05, 4.69) is 20.7 Å². The summed E-state index contributed by atoms with van der Waals surface area (Å²) in [5.41, 5.74) is 5.00. The SMILES string of the molecule is O=[N+]([O-])c1ccccc1C=NNc1nnc(-c2ccccc2)c2ccccc12. The van der Waals surface area contributed by atoms with Crippen LogP contribution >= 0.6 is 0 Å². The number of nitrogens with one attached hydrogen (secondary N) is 1. The Morgan fingerprint density at radius 3 is 2.32 bits per heavy atom. The normalized spacial score (nSPS) is 11.0. The number of hydrogen-bond acceptors (Lipinski definition) is 6. The third kappa shape index (κ3) is 3.41. The summed E-state index contributed by atoms with van der Waals surface area (Å²) in [5, 5.41) is 25.6. The summed E-state index contributed by atoms with van der Waals surface area (Å²) in [5.74, 6) is 0.477. The van der Waals surface area contributed by atoms with Crippen LogP contribution in [0.1, 0.15) is 5.56 Å². The number of nitro benzene ring substituents is 1. The van der Waals surface area contributed by atoms with Gasteiger partial charge in [-0.2, -0.15) is 5.10 Å². The van der Waals surface area contributed by atoms with Crippen molar-refractivity contribution in [3.63, 3.8) is 0 Å². The minimum atomic E-state index is -0.439.